The quantitative estimate of drug-likeness (QED) is 0.583. The van der Waals surface area contributed by atoms with Crippen LogP contribution >= 0.6 is 11.3 Å². The maximum atomic E-state index is 5.48. The second-order valence-electron chi connectivity index (χ2n) is 5.94. The van der Waals surface area contributed by atoms with E-state index in [9.17, 15) is 0 Å². The summed E-state index contributed by atoms with van der Waals surface area (Å²) < 4.78 is 21.6. The molecule has 0 unspecified atom stereocenters. The van der Waals surface area contributed by atoms with Crippen molar-refractivity contribution in [2.75, 3.05) is 28.4 Å². The molecular weight excluding hydrogens is 376 g/mol. The average Bonchev–Trinajstić information content (AvgIpc) is 3.21. The molecule has 0 aliphatic rings. The second-order valence-corrected chi connectivity index (χ2v) is 7.06. The van der Waals surface area contributed by atoms with E-state index in [0.717, 1.165) is 44.0 Å². The van der Waals surface area contributed by atoms with Crippen molar-refractivity contribution in [2.45, 2.75) is 13.1 Å². The predicted molar refractivity (Wildman–Crippen MR) is 111 cm³/mol. The summed E-state index contributed by atoms with van der Waals surface area (Å²) in [5, 5.41) is 4.40. The van der Waals surface area contributed by atoms with Gasteiger partial charge in [-0.05, 0) is 24.3 Å². The molecule has 0 saturated carbocycles. The predicted octanol–water partition coefficient (Wildman–Crippen LogP) is 4.13. The molecule has 0 radical (unpaired) electrons. The maximum Gasteiger partial charge on any atom is 0.165 e. The molecule has 0 aliphatic heterocycles. The molecule has 2 aromatic carbocycles. The highest BCUT2D eigenvalue weighted by atomic mass is 32.1. The number of hydrogen-bond acceptors (Lipinski definition) is 7. The van der Waals surface area contributed by atoms with Crippen LogP contribution < -0.4 is 24.3 Å². The average molecular weight is 401 g/mol. The summed E-state index contributed by atoms with van der Waals surface area (Å²) in [4.78, 5) is 5.57. The monoisotopic (exact) mass is 400 g/mol. The first-order chi connectivity index (χ1) is 13.7. The largest absolute Gasteiger partial charge is 0.497 e. The number of nitrogens with zero attached hydrogens (tertiary/aromatic N) is 1. The number of methoxy groups -OCH3 is 4. The number of aromatic nitrogens is 1. The molecule has 0 bridgehead atoms. The Morgan fingerprint density at radius 1 is 0.893 bits per heavy atom. The van der Waals surface area contributed by atoms with Crippen molar-refractivity contribution < 1.29 is 18.9 Å². The Labute approximate surface area is 169 Å². The van der Waals surface area contributed by atoms with Gasteiger partial charge in [-0.25, -0.2) is 4.98 Å². The van der Waals surface area contributed by atoms with E-state index >= 15 is 0 Å². The molecule has 0 aliphatic carbocycles. The summed E-state index contributed by atoms with van der Waals surface area (Å²) in [5.74, 6) is 3.06. The molecule has 0 spiro atoms. The fraction of sp³-hybridized carbons (Fsp3) is 0.286. The highest BCUT2D eigenvalue weighted by Gasteiger charge is 2.12. The molecule has 28 heavy (non-hydrogen) atoms. The van der Waals surface area contributed by atoms with Gasteiger partial charge in [0.2, 0.25) is 0 Å². The molecule has 1 aromatic heterocycles. The molecule has 0 fully saturated rings. The van der Waals surface area contributed by atoms with Crippen LogP contribution in [0, 0.1) is 0 Å². The van der Waals surface area contributed by atoms with Gasteiger partial charge in [0.05, 0.1) is 33.3 Å². The Balaban J connectivity index is 1.70. The van der Waals surface area contributed by atoms with Crippen molar-refractivity contribution in [1.82, 2.24) is 10.3 Å². The zero-order valence-electron chi connectivity index (χ0n) is 16.4. The lowest BCUT2D eigenvalue weighted by Crippen LogP contribution is -2.13. The topological polar surface area (TPSA) is 61.8 Å². The zero-order chi connectivity index (χ0) is 19.9. The van der Waals surface area contributed by atoms with Crippen molar-refractivity contribution in [3.63, 3.8) is 0 Å². The summed E-state index contributed by atoms with van der Waals surface area (Å²) in [6.45, 7) is 1.30. The van der Waals surface area contributed by atoms with Crippen LogP contribution in [-0.2, 0) is 13.1 Å². The van der Waals surface area contributed by atoms with Crippen LogP contribution in [0.5, 0.6) is 23.0 Å². The van der Waals surface area contributed by atoms with Gasteiger partial charge in [-0.2, -0.15) is 0 Å². The molecule has 1 heterocycles. The van der Waals surface area contributed by atoms with Crippen LogP contribution in [-0.4, -0.2) is 33.4 Å². The van der Waals surface area contributed by atoms with Crippen LogP contribution in [0.15, 0.2) is 42.6 Å². The van der Waals surface area contributed by atoms with E-state index in [1.165, 1.54) is 0 Å². The first-order valence-electron chi connectivity index (χ1n) is 8.77. The highest BCUT2D eigenvalue weighted by Crippen LogP contribution is 2.36. The Hall–Kier alpha value is -2.77. The Kier molecular flexibility index (Phi) is 6.73. The first kappa shape index (κ1) is 20.0. The van der Waals surface area contributed by atoms with Crippen LogP contribution in [0.3, 0.4) is 0 Å². The number of para-hydroxylation sites is 1. The number of thiazole rings is 1. The zero-order valence-corrected chi connectivity index (χ0v) is 17.3. The minimum absolute atomic E-state index is 0.650. The Morgan fingerprint density at radius 2 is 1.71 bits per heavy atom. The third kappa shape index (κ3) is 4.37. The van der Waals surface area contributed by atoms with Crippen LogP contribution in [0.2, 0.25) is 0 Å². The van der Waals surface area contributed by atoms with Gasteiger partial charge in [0.25, 0.3) is 0 Å². The van der Waals surface area contributed by atoms with Gasteiger partial charge < -0.3 is 24.3 Å². The smallest absolute Gasteiger partial charge is 0.165 e. The molecule has 3 aromatic rings. The molecule has 148 valence electrons. The maximum absolute atomic E-state index is 5.48. The van der Waals surface area contributed by atoms with E-state index in [0.29, 0.717) is 13.1 Å². The van der Waals surface area contributed by atoms with Crippen LogP contribution in [0.1, 0.15) is 10.6 Å². The first-order valence-corrected chi connectivity index (χ1v) is 9.59. The number of rotatable bonds is 9. The second kappa shape index (κ2) is 9.43. The highest BCUT2D eigenvalue weighted by molar-refractivity contribution is 7.15. The molecule has 3 rings (SSSR count). The molecule has 0 amide bonds. The van der Waals surface area contributed by atoms with E-state index in [4.69, 9.17) is 18.9 Å². The van der Waals surface area contributed by atoms with Gasteiger partial charge in [0, 0.05) is 30.4 Å². The number of benzene rings is 2. The SMILES string of the molecule is COc1ccc(OC)c(-c2cnc(CNCc3cccc(OC)c3OC)s2)c1. The normalized spacial score (nSPS) is 10.6. The molecule has 7 heteroatoms. The summed E-state index contributed by atoms with van der Waals surface area (Å²) in [6, 6.07) is 11.6. The van der Waals surface area contributed by atoms with Gasteiger partial charge in [-0.3, -0.25) is 0 Å². The molecule has 0 atom stereocenters. The van der Waals surface area contributed by atoms with Gasteiger partial charge in [0.1, 0.15) is 16.5 Å². The molecule has 6 nitrogen and oxygen atoms in total. The minimum atomic E-state index is 0.650. The van der Waals surface area contributed by atoms with E-state index in [1.54, 1.807) is 39.8 Å². The van der Waals surface area contributed by atoms with Crippen molar-refractivity contribution in [3.8, 4) is 33.4 Å². The van der Waals surface area contributed by atoms with Gasteiger partial charge >= 0.3 is 0 Å². The number of nitrogens with one attached hydrogen (secondary N) is 1. The molecule has 1 N–H and O–H groups in total. The Bertz CT molecular complexity index is 927. The fourth-order valence-electron chi connectivity index (χ4n) is 2.92. The van der Waals surface area contributed by atoms with Crippen molar-refractivity contribution in [3.05, 3.63) is 53.2 Å². The molecule has 0 saturated heterocycles. The lowest BCUT2D eigenvalue weighted by Gasteiger charge is -2.12. The summed E-state index contributed by atoms with van der Waals surface area (Å²) in [6.07, 6.45) is 1.87. The van der Waals surface area contributed by atoms with Gasteiger partial charge in [-0.1, -0.05) is 12.1 Å². The van der Waals surface area contributed by atoms with Crippen molar-refractivity contribution in [2.24, 2.45) is 0 Å². The fourth-order valence-corrected chi connectivity index (χ4v) is 3.83. The lowest BCUT2D eigenvalue weighted by atomic mass is 10.1. The minimum Gasteiger partial charge on any atom is -0.497 e. The summed E-state index contributed by atoms with van der Waals surface area (Å²) in [7, 11) is 6.60. The van der Waals surface area contributed by atoms with E-state index in [-0.39, 0.29) is 0 Å². The number of hydrogen-bond donors (Lipinski definition) is 1. The third-order valence-corrected chi connectivity index (χ3v) is 5.33. The lowest BCUT2D eigenvalue weighted by molar-refractivity contribution is 0.350. The standard InChI is InChI=1S/C21H24N2O4S/c1-24-15-8-9-17(25-2)16(10-15)19-12-23-20(28-19)13-22-11-14-6-5-7-18(26-3)21(14)27-4/h5-10,12,22H,11,13H2,1-4H3. The third-order valence-electron chi connectivity index (χ3n) is 4.30. The summed E-state index contributed by atoms with van der Waals surface area (Å²) in [5.41, 5.74) is 2.01. The van der Waals surface area contributed by atoms with Crippen LogP contribution in [0.25, 0.3) is 10.4 Å². The van der Waals surface area contributed by atoms with Gasteiger partial charge in [-0.15, -0.1) is 11.3 Å². The van der Waals surface area contributed by atoms with Crippen molar-refractivity contribution in [1.29, 1.82) is 0 Å². The van der Waals surface area contributed by atoms with Crippen LogP contribution in [0.4, 0.5) is 0 Å². The van der Waals surface area contributed by atoms with E-state index in [1.807, 2.05) is 42.6 Å². The van der Waals surface area contributed by atoms with E-state index < -0.39 is 0 Å². The van der Waals surface area contributed by atoms with E-state index in [2.05, 4.69) is 10.3 Å². The Morgan fingerprint density at radius 3 is 2.43 bits per heavy atom. The number of ether oxygens (including phenoxy) is 4. The molecular formula is C21H24N2O4S. The summed E-state index contributed by atoms with van der Waals surface area (Å²) >= 11 is 1.62. The van der Waals surface area contributed by atoms with Crippen molar-refractivity contribution >= 4 is 11.3 Å². The van der Waals surface area contributed by atoms with Gasteiger partial charge in [0.15, 0.2) is 11.5 Å².